The van der Waals surface area contributed by atoms with Crippen molar-refractivity contribution in [2.75, 3.05) is 0 Å². The molecule has 0 radical (unpaired) electrons. The van der Waals surface area contributed by atoms with E-state index in [9.17, 15) is 13.2 Å². The first-order chi connectivity index (χ1) is 12.7. The summed E-state index contributed by atoms with van der Waals surface area (Å²) in [5, 5.41) is 5.09. The highest BCUT2D eigenvalue weighted by atomic mass is 32.2. The van der Waals surface area contributed by atoms with Crippen molar-refractivity contribution in [1.29, 1.82) is 0 Å². The molecule has 0 spiro atoms. The SMILES string of the molecule is CCc1cc2c(cc1OS(N)(=O)=O)CC[C@@H]1[C@@H]2CC[C@]2(C)C(=O)CCC[C@@H]12. The van der Waals surface area contributed by atoms with Gasteiger partial charge in [-0.05, 0) is 85.5 Å². The maximum Gasteiger partial charge on any atom is 0.380 e. The van der Waals surface area contributed by atoms with Crippen LogP contribution in [0.2, 0.25) is 0 Å². The second-order valence-electron chi connectivity index (χ2n) is 8.78. The molecule has 2 N–H and O–H groups in total. The number of aryl methyl sites for hydroxylation is 2. The Morgan fingerprint density at radius 1 is 1.22 bits per heavy atom. The van der Waals surface area contributed by atoms with E-state index in [4.69, 9.17) is 9.32 Å². The molecule has 0 aliphatic heterocycles. The number of rotatable bonds is 3. The lowest BCUT2D eigenvalue weighted by Crippen LogP contribution is -2.49. The number of benzene rings is 1. The molecular weight excluding hydrogens is 362 g/mol. The Kier molecular flexibility index (Phi) is 4.62. The maximum absolute atomic E-state index is 12.7. The van der Waals surface area contributed by atoms with Crippen molar-refractivity contribution in [3.8, 4) is 5.75 Å². The standard InChI is InChI=1S/C21H29NO4S/c1-3-13-11-17-14(12-19(13)26-27(22,24)25)7-8-16-15(17)9-10-21(2)18(16)5-4-6-20(21)23/h11-12,15-16,18H,3-10H2,1-2H3,(H2,22,24,25)/t15-,16+,18-,21-/m0/s1. The van der Waals surface area contributed by atoms with E-state index in [0.29, 0.717) is 35.7 Å². The van der Waals surface area contributed by atoms with Crippen molar-refractivity contribution in [1.82, 2.24) is 0 Å². The summed E-state index contributed by atoms with van der Waals surface area (Å²) in [5.74, 6) is 2.33. The molecule has 0 bridgehead atoms. The zero-order valence-corrected chi connectivity index (χ0v) is 17.0. The van der Waals surface area contributed by atoms with Gasteiger partial charge in [-0.2, -0.15) is 13.6 Å². The summed E-state index contributed by atoms with van der Waals surface area (Å²) in [5.41, 5.74) is 3.26. The quantitative estimate of drug-likeness (QED) is 0.852. The van der Waals surface area contributed by atoms with Crippen LogP contribution < -0.4 is 9.32 Å². The van der Waals surface area contributed by atoms with Gasteiger partial charge in [-0.3, -0.25) is 4.79 Å². The van der Waals surface area contributed by atoms with E-state index in [1.165, 1.54) is 11.1 Å². The van der Waals surface area contributed by atoms with Gasteiger partial charge >= 0.3 is 10.3 Å². The molecule has 0 heterocycles. The summed E-state index contributed by atoms with van der Waals surface area (Å²) in [7, 11) is -4.03. The molecule has 4 rings (SSSR count). The van der Waals surface area contributed by atoms with Gasteiger partial charge in [0, 0.05) is 11.8 Å². The Labute approximate surface area is 161 Å². The Morgan fingerprint density at radius 3 is 2.70 bits per heavy atom. The molecule has 2 fully saturated rings. The highest BCUT2D eigenvalue weighted by molar-refractivity contribution is 7.84. The Morgan fingerprint density at radius 2 is 2.00 bits per heavy atom. The van der Waals surface area contributed by atoms with Gasteiger partial charge in [0.15, 0.2) is 0 Å². The zero-order chi connectivity index (χ0) is 19.4. The van der Waals surface area contributed by atoms with Crippen molar-refractivity contribution >= 4 is 16.1 Å². The smallest absolute Gasteiger partial charge is 0.371 e. The fourth-order valence-electron chi connectivity index (χ4n) is 6.09. The van der Waals surface area contributed by atoms with E-state index in [1.54, 1.807) is 0 Å². The first-order valence-corrected chi connectivity index (χ1v) is 11.6. The molecule has 0 saturated heterocycles. The van der Waals surface area contributed by atoms with Gasteiger partial charge in [-0.15, -0.1) is 0 Å². The molecule has 4 atom stereocenters. The third kappa shape index (κ3) is 3.21. The van der Waals surface area contributed by atoms with E-state index >= 15 is 0 Å². The van der Waals surface area contributed by atoms with Gasteiger partial charge in [-0.1, -0.05) is 19.9 Å². The largest absolute Gasteiger partial charge is 0.380 e. The molecule has 6 heteroatoms. The molecule has 27 heavy (non-hydrogen) atoms. The van der Waals surface area contributed by atoms with Crippen LogP contribution in [0.4, 0.5) is 0 Å². The average molecular weight is 392 g/mol. The number of fused-ring (bicyclic) bond motifs is 5. The third-order valence-electron chi connectivity index (χ3n) is 7.44. The van der Waals surface area contributed by atoms with Crippen molar-refractivity contribution in [2.24, 2.45) is 22.4 Å². The summed E-state index contributed by atoms with van der Waals surface area (Å²) in [6, 6.07) is 4.02. The molecule has 0 amide bonds. The van der Waals surface area contributed by atoms with Gasteiger partial charge in [0.25, 0.3) is 0 Å². The van der Waals surface area contributed by atoms with Crippen LogP contribution in [0, 0.1) is 17.3 Å². The fourth-order valence-corrected chi connectivity index (χ4v) is 6.50. The van der Waals surface area contributed by atoms with Crippen LogP contribution in [0.3, 0.4) is 0 Å². The molecule has 0 aromatic heterocycles. The number of hydrogen-bond acceptors (Lipinski definition) is 4. The molecular formula is C21H29NO4S. The maximum atomic E-state index is 12.7. The first kappa shape index (κ1) is 18.9. The number of nitrogens with two attached hydrogens (primary N) is 1. The summed E-state index contributed by atoms with van der Waals surface area (Å²) < 4.78 is 27.9. The Hall–Kier alpha value is -1.40. The fraction of sp³-hybridized carbons (Fsp3) is 0.667. The van der Waals surface area contributed by atoms with Crippen molar-refractivity contribution in [3.63, 3.8) is 0 Å². The van der Waals surface area contributed by atoms with Crippen LogP contribution in [0.5, 0.6) is 5.75 Å². The van der Waals surface area contributed by atoms with Gasteiger partial charge < -0.3 is 4.18 Å². The third-order valence-corrected chi connectivity index (χ3v) is 7.85. The van der Waals surface area contributed by atoms with Gasteiger partial charge in [0.05, 0.1) is 0 Å². The zero-order valence-electron chi connectivity index (χ0n) is 16.2. The summed E-state index contributed by atoms with van der Waals surface area (Å²) in [6.45, 7) is 4.20. The minimum atomic E-state index is -4.03. The number of hydrogen-bond donors (Lipinski definition) is 1. The van der Waals surface area contributed by atoms with E-state index in [-0.39, 0.29) is 5.41 Å². The van der Waals surface area contributed by atoms with Crippen molar-refractivity contribution in [3.05, 3.63) is 28.8 Å². The minimum absolute atomic E-state index is 0.138. The Bertz CT molecular complexity index is 878. The summed E-state index contributed by atoms with van der Waals surface area (Å²) in [4.78, 5) is 12.7. The van der Waals surface area contributed by atoms with E-state index in [1.807, 2.05) is 13.0 Å². The molecule has 1 aromatic carbocycles. The highest BCUT2D eigenvalue weighted by Crippen LogP contribution is 2.58. The molecule has 3 aliphatic carbocycles. The molecule has 5 nitrogen and oxygen atoms in total. The van der Waals surface area contributed by atoms with E-state index in [0.717, 1.165) is 50.5 Å². The second kappa shape index (κ2) is 6.59. The van der Waals surface area contributed by atoms with Crippen LogP contribution in [0.15, 0.2) is 12.1 Å². The monoisotopic (exact) mass is 391 g/mol. The molecule has 148 valence electrons. The lowest BCUT2D eigenvalue weighted by Gasteiger charge is -2.53. The summed E-state index contributed by atoms with van der Waals surface area (Å²) >= 11 is 0. The molecule has 3 aliphatic rings. The summed E-state index contributed by atoms with van der Waals surface area (Å²) in [6.07, 6.45) is 7.59. The van der Waals surface area contributed by atoms with Crippen molar-refractivity contribution in [2.45, 2.75) is 71.1 Å². The number of Topliss-reactive ketones (excluding diaryl/α,β-unsaturated/α-hetero) is 1. The van der Waals surface area contributed by atoms with Gasteiger partial charge in [-0.25, -0.2) is 0 Å². The Balaban J connectivity index is 1.71. The van der Waals surface area contributed by atoms with Gasteiger partial charge in [0.1, 0.15) is 11.5 Å². The van der Waals surface area contributed by atoms with Crippen LogP contribution >= 0.6 is 0 Å². The van der Waals surface area contributed by atoms with Crippen LogP contribution in [-0.2, 0) is 27.9 Å². The topological polar surface area (TPSA) is 86.5 Å². The lowest BCUT2D eigenvalue weighted by atomic mass is 9.50. The average Bonchev–Trinajstić information content (AvgIpc) is 2.60. The molecule has 0 unspecified atom stereocenters. The minimum Gasteiger partial charge on any atom is -0.371 e. The molecule has 1 aromatic rings. The number of ketones is 1. The predicted octanol–water partition coefficient (Wildman–Crippen LogP) is 3.65. The van der Waals surface area contributed by atoms with Crippen LogP contribution in [-0.4, -0.2) is 14.2 Å². The van der Waals surface area contributed by atoms with E-state index < -0.39 is 10.3 Å². The van der Waals surface area contributed by atoms with Crippen LogP contribution in [0.25, 0.3) is 0 Å². The van der Waals surface area contributed by atoms with Gasteiger partial charge in [0.2, 0.25) is 0 Å². The van der Waals surface area contributed by atoms with Crippen LogP contribution in [0.1, 0.15) is 75.0 Å². The second-order valence-corrected chi connectivity index (χ2v) is 9.93. The normalized spacial score (nSPS) is 33.0. The van der Waals surface area contributed by atoms with E-state index in [2.05, 4.69) is 13.0 Å². The number of carbonyl (C=O) groups excluding carboxylic acids is 1. The van der Waals surface area contributed by atoms with Crippen molar-refractivity contribution < 1.29 is 17.4 Å². The molecule has 2 saturated carbocycles. The number of carbonyl (C=O) groups is 1. The highest BCUT2D eigenvalue weighted by Gasteiger charge is 2.52. The lowest BCUT2D eigenvalue weighted by molar-refractivity contribution is -0.140. The first-order valence-electron chi connectivity index (χ1n) is 10.1. The predicted molar refractivity (Wildman–Crippen MR) is 104 cm³/mol.